The van der Waals surface area contributed by atoms with E-state index in [9.17, 15) is 4.79 Å². The second-order valence-corrected chi connectivity index (χ2v) is 5.18. The highest BCUT2D eigenvalue weighted by molar-refractivity contribution is 5.78. The molecule has 19 heavy (non-hydrogen) atoms. The molecule has 0 saturated carbocycles. The summed E-state index contributed by atoms with van der Waals surface area (Å²) in [5, 5.41) is 0. The number of nitrogens with zero attached hydrogens (tertiary/aromatic N) is 2. The van der Waals surface area contributed by atoms with Gasteiger partial charge in [-0.15, -0.1) is 0 Å². The SMILES string of the molecule is CC1CCN(C(=O)CN)CCN1Cc1ccccc1. The highest BCUT2D eigenvalue weighted by Crippen LogP contribution is 2.14. The predicted molar refractivity (Wildman–Crippen MR) is 76.6 cm³/mol. The molecule has 1 aromatic carbocycles. The smallest absolute Gasteiger partial charge is 0.236 e. The average molecular weight is 261 g/mol. The van der Waals surface area contributed by atoms with E-state index < -0.39 is 0 Å². The van der Waals surface area contributed by atoms with Crippen LogP contribution in [0, 0.1) is 0 Å². The van der Waals surface area contributed by atoms with Gasteiger partial charge in [-0.1, -0.05) is 30.3 Å². The van der Waals surface area contributed by atoms with Crippen LogP contribution in [0.3, 0.4) is 0 Å². The van der Waals surface area contributed by atoms with Gasteiger partial charge in [-0.2, -0.15) is 0 Å². The zero-order valence-electron chi connectivity index (χ0n) is 11.6. The second-order valence-electron chi connectivity index (χ2n) is 5.18. The fourth-order valence-corrected chi connectivity index (χ4v) is 2.54. The molecule has 4 nitrogen and oxygen atoms in total. The van der Waals surface area contributed by atoms with Gasteiger partial charge in [0.05, 0.1) is 6.54 Å². The van der Waals surface area contributed by atoms with E-state index in [2.05, 4.69) is 36.1 Å². The first-order valence-electron chi connectivity index (χ1n) is 6.96. The summed E-state index contributed by atoms with van der Waals surface area (Å²) in [6.07, 6.45) is 1.01. The summed E-state index contributed by atoms with van der Waals surface area (Å²) in [6.45, 7) is 5.83. The van der Waals surface area contributed by atoms with Crippen LogP contribution in [0.1, 0.15) is 18.9 Å². The maximum absolute atomic E-state index is 11.7. The van der Waals surface area contributed by atoms with Crippen molar-refractivity contribution in [2.24, 2.45) is 5.73 Å². The molecule has 1 amide bonds. The van der Waals surface area contributed by atoms with E-state index >= 15 is 0 Å². The molecule has 1 unspecified atom stereocenters. The quantitative estimate of drug-likeness (QED) is 0.885. The topological polar surface area (TPSA) is 49.6 Å². The molecule has 1 aliphatic rings. The Balaban J connectivity index is 1.96. The Morgan fingerprint density at radius 3 is 2.68 bits per heavy atom. The highest BCUT2D eigenvalue weighted by atomic mass is 16.2. The van der Waals surface area contributed by atoms with Crippen LogP contribution in [0.25, 0.3) is 0 Å². The first-order chi connectivity index (χ1) is 9.20. The van der Waals surface area contributed by atoms with Gasteiger partial charge in [0.15, 0.2) is 0 Å². The van der Waals surface area contributed by atoms with E-state index in [4.69, 9.17) is 5.73 Å². The van der Waals surface area contributed by atoms with Crippen LogP contribution < -0.4 is 5.73 Å². The van der Waals surface area contributed by atoms with Gasteiger partial charge in [0.1, 0.15) is 0 Å². The third-order valence-electron chi connectivity index (χ3n) is 3.85. The lowest BCUT2D eigenvalue weighted by Gasteiger charge is -2.26. The molecule has 1 aromatic rings. The fraction of sp³-hybridized carbons (Fsp3) is 0.533. The van der Waals surface area contributed by atoms with Crippen LogP contribution in [0.5, 0.6) is 0 Å². The largest absolute Gasteiger partial charge is 0.340 e. The number of benzene rings is 1. The van der Waals surface area contributed by atoms with Gasteiger partial charge in [-0.3, -0.25) is 9.69 Å². The van der Waals surface area contributed by atoms with Crippen molar-refractivity contribution in [3.8, 4) is 0 Å². The number of hydrogen-bond donors (Lipinski definition) is 1. The molecule has 2 rings (SSSR count). The summed E-state index contributed by atoms with van der Waals surface area (Å²) >= 11 is 0. The average Bonchev–Trinajstić information content (AvgIpc) is 2.62. The minimum atomic E-state index is 0.0637. The number of amides is 1. The zero-order valence-corrected chi connectivity index (χ0v) is 11.6. The van der Waals surface area contributed by atoms with Gasteiger partial charge in [0.25, 0.3) is 0 Å². The van der Waals surface area contributed by atoms with Crippen LogP contribution in [0.4, 0.5) is 0 Å². The normalized spacial score (nSPS) is 21.2. The molecule has 1 fully saturated rings. The summed E-state index contributed by atoms with van der Waals surface area (Å²) < 4.78 is 0. The Labute approximate surface area is 115 Å². The van der Waals surface area contributed by atoms with E-state index in [1.807, 2.05) is 11.0 Å². The van der Waals surface area contributed by atoms with E-state index in [1.165, 1.54) is 5.56 Å². The van der Waals surface area contributed by atoms with Crippen molar-refractivity contribution in [3.05, 3.63) is 35.9 Å². The molecule has 0 spiro atoms. The first-order valence-corrected chi connectivity index (χ1v) is 6.96. The van der Waals surface area contributed by atoms with Crippen molar-refractivity contribution in [2.75, 3.05) is 26.2 Å². The van der Waals surface area contributed by atoms with Crippen LogP contribution in [0.2, 0.25) is 0 Å². The van der Waals surface area contributed by atoms with Crippen LogP contribution in [-0.2, 0) is 11.3 Å². The Morgan fingerprint density at radius 2 is 2.00 bits per heavy atom. The van der Waals surface area contributed by atoms with Crippen molar-refractivity contribution in [2.45, 2.75) is 25.9 Å². The lowest BCUT2D eigenvalue weighted by atomic mass is 10.1. The molecule has 1 atom stereocenters. The molecule has 2 N–H and O–H groups in total. The minimum Gasteiger partial charge on any atom is -0.340 e. The minimum absolute atomic E-state index is 0.0637. The third-order valence-corrected chi connectivity index (χ3v) is 3.85. The Morgan fingerprint density at radius 1 is 1.26 bits per heavy atom. The molecule has 0 radical (unpaired) electrons. The summed E-state index contributed by atoms with van der Waals surface area (Å²) in [4.78, 5) is 16.0. The maximum atomic E-state index is 11.7. The Hall–Kier alpha value is -1.39. The van der Waals surface area contributed by atoms with Crippen molar-refractivity contribution in [1.82, 2.24) is 9.80 Å². The number of carbonyl (C=O) groups excluding carboxylic acids is 1. The van der Waals surface area contributed by atoms with E-state index in [0.717, 1.165) is 32.6 Å². The fourth-order valence-electron chi connectivity index (χ4n) is 2.54. The lowest BCUT2D eigenvalue weighted by molar-refractivity contribution is -0.129. The summed E-state index contributed by atoms with van der Waals surface area (Å²) in [7, 11) is 0. The first kappa shape index (κ1) is 14.0. The molecular weight excluding hydrogens is 238 g/mol. The number of carbonyl (C=O) groups is 1. The van der Waals surface area contributed by atoms with Gasteiger partial charge < -0.3 is 10.6 Å². The summed E-state index contributed by atoms with van der Waals surface area (Å²) in [5.74, 6) is 0.0637. The van der Waals surface area contributed by atoms with Gasteiger partial charge in [-0.25, -0.2) is 0 Å². The van der Waals surface area contributed by atoms with Gasteiger partial charge in [0, 0.05) is 32.2 Å². The molecule has 1 saturated heterocycles. The van der Waals surface area contributed by atoms with Crippen molar-refractivity contribution >= 4 is 5.91 Å². The number of nitrogens with two attached hydrogens (primary N) is 1. The highest BCUT2D eigenvalue weighted by Gasteiger charge is 2.22. The molecule has 4 heteroatoms. The summed E-state index contributed by atoms with van der Waals surface area (Å²) in [6, 6.07) is 11.0. The predicted octanol–water partition coefficient (Wildman–Crippen LogP) is 1.07. The molecule has 0 aromatic heterocycles. The van der Waals surface area contributed by atoms with Crippen molar-refractivity contribution in [3.63, 3.8) is 0 Å². The molecule has 0 bridgehead atoms. The van der Waals surface area contributed by atoms with E-state index in [-0.39, 0.29) is 12.5 Å². The lowest BCUT2D eigenvalue weighted by Crippen LogP contribution is -2.39. The van der Waals surface area contributed by atoms with Crippen molar-refractivity contribution < 1.29 is 4.79 Å². The van der Waals surface area contributed by atoms with Gasteiger partial charge in [0.2, 0.25) is 5.91 Å². The Kier molecular flexibility index (Phi) is 4.93. The van der Waals surface area contributed by atoms with Crippen LogP contribution in [0.15, 0.2) is 30.3 Å². The van der Waals surface area contributed by atoms with Crippen molar-refractivity contribution in [1.29, 1.82) is 0 Å². The van der Waals surface area contributed by atoms with E-state index in [1.54, 1.807) is 0 Å². The Bertz CT molecular complexity index is 407. The van der Waals surface area contributed by atoms with Crippen LogP contribution in [-0.4, -0.2) is 47.9 Å². The summed E-state index contributed by atoms with van der Waals surface area (Å²) in [5.41, 5.74) is 6.77. The standard InChI is InChI=1S/C15H23N3O/c1-13-7-8-17(15(19)11-16)9-10-18(13)12-14-5-3-2-4-6-14/h2-6,13H,7-12,16H2,1H3. The van der Waals surface area contributed by atoms with Gasteiger partial charge in [-0.05, 0) is 18.9 Å². The monoisotopic (exact) mass is 261 g/mol. The molecule has 1 heterocycles. The second kappa shape index (κ2) is 6.68. The van der Waals surface area contributed by atoms with Gasteiger partial charge >= 0.3 is 0 Å². The van der Waals surface area contributed by atoms with E-state index in [0.29, 0.717) is 6.04 Å². The molecule has 104 valence electrons. The molecular formula is C15H23N3O. The maximum Gasteiger partial charge on any atom is 0.236 e. The number of rotatable bonds is 3. The molecule has 0 aliphatic carbocycles. The van der Waals surface area contributed by atoms with Crippen LogP contribution >= 0.6 is 0 Å². The molecule has 1 aliphatic heterocycles. The third kappa shape index (κ3) is 3.78. The number of hydrogen-bond acceptors (Lipinski definition) is 3. The zero-order chi connectivity index (χ0) is 13.7.